The van der Waals surface area contributed by atoms with Crippen molar-refractivity contribution in [1.82, 2.24) is 27.4 Å². The number of alkyl halides is 2. The Hall–Kier alpha value is -3.17. The molecule has 0 radical (unpaired) electrons. The SMILES string of the molecule is C1CCNCC1.CCN(CC)CC.CP(C)C.NCc1ccc(S(=O)(=O)N2CCCCC2)cc1.NCc1ccc(S(=O)(=O)N2CCCCC2)cc1.O=S(=O)(Cl)c1ccc(CBr)cc1.O=S(=O)(c1ccc(CBr)cc1)N1CCCCC1.[N-]=[N+]=NCc1ccc(S(=O)(=O)N2CCCCC2)cc1.[N-]=[N+]=[N-].[Na+]. The van der Waals surface area contributed by atoms with Crippen LogP contribution < -0.4 is 46.3 Å². The number of azide groups is 1. The van der Waals surface area contributed by atoms with E-state index in [2.05, 4.69) is 92.9 Å². The molecule has 5 aromatic carbocycles. The number of hydrogen-bond donors (Lipinski definition) is 3. The van der Waals surface area contributed by atoms with E-state index < -0.39 is 49.1 Å². The van der Waals surface area contributed by atoms with E-state index in [1.165, 1.54) is 69.0 Å². The Morgan fingerprint density at radius 2 is 0.650 bits per heavy atom. The number of rotatable bonds is 18. The first-order valence-electron chi connectivity index (χ1n) is 34.6. The van der Waals surface area contributed by atoms with E-state index in [-0.39, 0.29) is 41.0 Å². The van der Waals surface area contributed by atoms with Gasteiger partial charge in [0.2, 0.25) is 40.1 Å². The Bertz CT molecular complexity index is 3560. The zero-order valence-corrected chi connectivity index (χ0v) is 72.1. The second-order valence-electron chi connectivity index (χ2n) is 24.4. The van der Waals surface area contributed by atoms with Crippen LogP contribution in [0.4, 0.5) is 0 Å². The van der Waals surface area contributed by atoms with Gasteiger partial charge in [-0.15, -0.1) is 7.92 Å². The maximum Gasteiger partial charge on any atom is 1.00 e. The molecule has 0 spiro atoms. The molecule has 5 aromatic rings. The Balaban J connectivity index is 0.000000604. The molecule has 103 heavy (non-hydrogen) atoms. The summed E-state index contributed by atoms with van der Waals surface area (Å²) in [5, 5.41) is 8.18. The minimum atomic E-state index is -3.57. The summed E-state index contributed by atoms with van der Waals surface area (Å²) in [4.78, 5) is 8.14. The van der Waals surface area contributed by atoms with Gasteiger partial charge in [0.05, 0.1) is 31.0 Å². The molecule has 24 nitrogen and oxygen atoms in total. The third-order valence-electron chi connectivity index (χ3n) is 16.4. The maximum absolute atomic E-state index is 12.4. The molecule has 10 rings (SSSR count). The van der Waals surface area contributed by atoms with Crippen LogP contribution in [0.25, 0.3) is 26.4 Å². The number of piperidine rings is 5. The summed E-state index contributed by atoms with van der Waals surface area (Å²) in [5.41, 5.74) is 37.5. The topological polar surface area (TPSA) is 358 Å². The largest absolute Gasteiger partial charge is 1.00 e. The van der Waals surface area contributed by atoms with Crippen LogP contribution in [0.2, 0.25) is 0 Å². The number of sulfonamides is 4. The van der Waals surface area contributed by atoms with Crippen LogP contribution in [-0.2, 0) is 79.4 Å². The average Bonchev–Trinajstić information content (AvgIpc) is 0.830. The van der Waals surface area contributed by atoms with Crippen molar-refractivity contribution < 1.29 is 71.6 Å². The molecule has 0 atom stereocenters. The number of hydrogen-bond acceptors (Lipinski definition) is 15. The second-order valence-corrected chi connectivity index (χ2v) is 38.6. The van der Waals surface area contributed by atoms with Crippen LogP contribution in [0.15, 0.2) is 151 Å². The Morgan fingerprint density at radius 3 is 0.825 bits per heavy atom. The van der Waals surface area contributed by atoms with Crippen molar-refractivity contribution in [3.8, 4) is 0 Å². The summed E-state index contributed by atoms with van der Waals surface area (Å²) in [6, 6.07) is 33.7. The molecule has 0 amide bonds. The molecule has 34 heteroatoms. The quantitative estimate of drug-likeness (QED) is 0.0140. The van der Waals surface area contributed by atoms with E-state index in [1.54, 1.807) is 114 Å². The summed E-state index contributed by atoms with van der Waals surface area (Å²) >= 11 is 6.60. The third-order valence-corrected chi connectivity index (χ3v) is 26.7. The van der Waals surface area contributed by atoms with Crippen molar-refractivity contribution in [3.63, 3.8) is 0 Å². The van der Waals surface area contributed by atoms with Crippen molar-refractivity contribution >= 4 is 99.6 Å². The van der Waals surface area contributed by atoms with Gasteiger partial charge in [-0.3, -0.25) is 4.91 Å². The van der Waals surface area contributed by atoms with Crippen LogP contribution >= 0.6 is 50.5 Å². The summed E-state index contributed by atoms with van der Waals surface area (Å²) < 4.78 is 126. The molecule has 5 aliphatic rings. The van der Waals surface area contributed by atoms with E-state index in [1.807, 2.05) is 12.1 Å². The fourth-order valence-electron chi connectivity index (χ4n) is 10.5. The Labute approximate surface area is 661 Å². The second kappa shape index (κ2) is 54.4. The van der Waals surface area contributed by atoms with Crippen molar-refractivity contribution in [2.75, 3.05) is 105 Å². The van der Waals surface area contributed by atoms with Crippen molar-refractivity contribution in [1.29, 1.82) is 0 Å². The molecule has 572 valence electrons. The van der Waals surface area contributed by atoms with Gasteiger partial charge in [0.25, 0.3) is 9.05 Å². The standard InChI is InChI=1S/C12H16BrNO2S.C12H16N4O2S.2C12H18N2O2S.C7H6BrClO2S.C6H15N.C5H11N.C3H9P.N3.Na/c13-10-11-4-6-12(7-5-11)17(15,16)14-8-2-1-3-9-14;13-15-14-10-11-4-6-12(7-5-11)19(17,18)16-8-2-1-3-9-16;2*13-10-11-4-6-12(7-5-11)17(15,16)14-8-2-1-3-9-14;8-5-6-1-3-7(4-2-6)12(9,10)11;1-4-7(5-2)6-3;1-2-4-6-5-3-1;1-4(2)3;1-3-2;/h4-7H,1-3,8-10H2;4-7H,1-3,8-10H2;2*4-7H,1-3,8-10,13H2;1-4H,5H2;4-6H2,1-3H3;6H,1-5H2;1-3H3;;/q;;;;;;;;-1;+1. The number of halogens is 3. The van der Waals surface area contributed by atoms with Gasteiger partial charge in [-0.2, -0.15) is 17.2 Å². The fraction of sp³-hybridized carbons (Fsp3) is 0.565. The number of nitrogens with one attached hydrogen (secondary N) is 1. The maximum atomic E-state index is 12.4. The predicted molar refractivity (Wildman–Crippen MR) is 425 cm³/mol. The summed E-state index contributed by atoms with van der Waals surface area (Å²) in [6.07, 6.45) is 16.3. The average molecular weight is 1700 g/mol. The van der Waals surface area contributed by atoms with E-state index in [9.17, 15) is 42.1 Å². The third kappa shape index (κ3) is 37.7. The van der Waals surface area contributed by atoms with Gasteiger partial charge in [-0.05, 0) is 211 Å². The van der Waals surface area contributed by atoms with Crippen LogP contribution in [-0.4, -0.2) is 169 Å². The first-order chi connectivity index (χ1) is 48.6. The molecule has 5 fully saturated rings. The van der Waals surface area contributed by atoms with Crippen LogP contribution in [0.1, 0.15) is 145 Å². The number of nitrogens with two attached hydrogens (primary N) is 2. The molecule has 5 heterocycles. The summed E-state index contributed by atoms with van der Waals surface area (Å²) in [6.45, 7) is 25.5. The molecule has 0 aliphatic carbocycles. The van der Waals surface area contributed by atoms with Gasteiger partial charge in [0.15, 0.2) is 0 Å². The zero-order chi connectivity index (χ0) is 76.0. The van der Waals surface area contributed by atoms with Gasteiger partial charge in [0, 0.05) is 91.7 Å². The van der Waals surface area contributed by atoms with Gasteiger partial charge in [-0.1, -0.05) is 151 Å². The summed E-state index contributed by atoms with van der Waals surface area (Å²) in [7, 11) is -11.3. The van der Waals surface area contributed by atoms with Crippen molar-refractivity contribution in [3.05, 3.63) is 176 Å². The first kappa shape index (κ1) is 97.8. The number of nitrogens with zero attached hydrogens (tertiary/aromatic N) is 11. The molecule has 5 aliphatic heterocycles. The van der Waals surface area contributed by atoms with E-state index in [0.717, 1.165) is 110 Å². The fourth-order valence-corrected chi connectivity index (χ4v) is 18.0. The number of benzene rings is 5. The van der Waals surface area contributed by atoms with Crippen LogP contribution in [0.3, 0.4) is 0 Å². The van der Waals surface area contributed by atoms with Crippen LogP contribution in [0.5, 0.6) is 0 Å². The van der Waals surface area contributed by atoms with Crippen molar-refractivity contribution in [2.24, 2.45) is 16.6 Å². The Morgan fingerprint density at radius 1 is 0.427 bits per heavy atom. The van der Waals surface area contributed by atoms with Crippen LogP contribution in [0, 0.1) is 0 Å². The molecule has 0 aromatic heterocycles. The van der Waals surface area contributed by atoms with Crippen molar-refractivity contribution in [2.45, 2.75) is 172 Å². The van der Waals surface area contributed by atoms with Gasteiger partial charge in [-0.25, -0.2) is 42.1 Å². The summed E-state index contributed by atoms with van der Waals surface area (Å²) in [5.74, 6) is 0. The molecule has 5 saturated heterocycles. The minimum Gasteiger partial charge on any atom is -0.373 e. The molecule has 0 saturated carbocycles. The van der Waals surface area contributed by atoms with E-state index in [0.29, 0.717) is 98.3 Å². The molecule has 5 N–H and O–H groups in total. The van der Waals surface area contributed by atoms with Gasteiger partial charge in [0.1, 0.15) is 0 Å². The van der Waals surface area contributed by atoms with E-state index in [4.69, 9.17) is 38.7 Å². The van der Waals surface area contributed by atoms with Gasteiger partial charge < -0.3 is 32.7 Å². The molecule has 0 unspecified atom stereocenters. The predicted octanol–water partition coefficient (Wildman–Crippen LogP) is 11.9. The van der Waals surface area contributed by atoms with Gasteiger partial charge >= 0.3 is 29.6 Å². The first-order valence-corrected chi connectivity index (χ1v) is 47.6. The zero-order valence-electron chi connectivity index (χ0n) is 61.2. The Kier molecular flexibility index (Phi) is 51.7. The molecular weight excluding hydrogens is 1590 g/mol. The monoisotopic (exact) mass is 1700 g/mol. The van der Waals surface area contributed by atoms with E-state index >= 15 is 0 Å². The smallest absolute Gasteiger partial charge is 0.373 e. The normalized spacial score (nSPS) is 16.0. The molecular formula is C69H109Br2ClN14NaO10PS5. The minimum absolute atomic E-state index is 0. The molecule has 0 bridgehead atoms.